The van der Waals surface area contributed by atoms with Gasteiger partial charge in [0.05, 0.1) is 7.11 Å². The number of likely N-dealkylation sites (tertiary alicyclic amines) is 1. The van der Waals surface area contributed by atoms with E-state index in [4.69, 9.17) is 16.3 Å². The van der Waals surface area contributed by atoms with Gasteiger partial charge in [0, 0.05) is 30.2 Å². The Morgan fingerprint density at radius 1 is 1.25 bits per heavy atom. The number of para-hydroxylation sites is 1. The number of piperidine rings is 1. The summed E-state index contributed by atoms with van der Waals surface area (Å²) in [5.41, 5.74) is 2.83. The minimum atomic E-state index is -0.661. The van der Waals surface area contributed by atoms with Gasteiger partial charge in [0.1, 0.15) is 11.7 Å². The van der Waals surface area contributed by atoms with E-state index in [-0.39, 0.29) is 11.8 Å². The summed E-state index contributed by atoms with van der Waals surface area (Å²) in [5.74, 6) is -0.290. The highest BCUT2D eigenvalue weighted by Crippen LogP contribution is 2.25. The fraction of sp³-hybridized carbons (Fsp3) is 0.364. The average Bonchev–Trinajstić information content (AvgIpc) is 2.69. The second-order valence-corrected chi connectivity index (χ2v) is 7.43. The van der Waals surface area contributed by atoms with E-state index < -0.39 is 5.92 Å². The molecule has 1 aliphatic heterocycles. The molecule has 0 bridgehead atoms. The van der Waals surface area contributed by atoms with E-state index in [1.165, 1.54) is 0 Å². The number of nitrogens with zero attached hydrogens (tertiary/aromatic N) is 1. The largest absolute Gasteiger partial charge is 0.496 e. The second kappa shape index (κ2) is 9.11. The van der Waals surface area contributed by atoms with E-state index >= 15 is 0 Å². The standard InChI is InChI=1S/C22H25ClN2O3/c1-15-7-5-10-19(23)18(15)13-24-21(26)17-9-6-12-25(22(17)27)14-16-8-3-4-11-20(16)28-2/h3-5,7-8,10-11,17H,6,9,12-14H2,1-2H3,(H,24,26). The van der Waals surface area contributed by atoms with Crippen LogP contribution in [0.15, 0.2) is 42.5 Å². The molecule has 0 spiro atoms. The van der Waals surface area contributed by atoms with Crippen molar-refractivity contribution in [3.63, 3.8) is 0 Å². The minimum absolute atomic E-state index is 0.134. The lowest BCUT2D eigenvalue weighted by molar-refractivity contribution is -0.145. The van der Waals surface area contributed by atoms with Crippen LogP contribution in [0.4, 0.5) is 0 Å². The lowest BCUT2D eigenvalue weighted by Gasteiger charge is -2.32. The van der Waals surface area contributed by atoms with Crippen LogP contribution in [0.1, 0.15) is 29.5 Å². The van der Waals surface area contributed by atoms with Crippen molar-refractivity contribution in [3.8, 4) is 5.75 Å². The van der Waals surface area contributed by atoms with Crippen LogP contribution in [0.5, 0.6) is 5.75 Å². The number of amides is 2. The van der Waals surface area contributed by atoms with E-state index in [2.05, 4.69) is 5.32 Å². The maximum Gasteiger partial charge on any atom is 0.235 e. The van der Waals surface area contributed by atoms with Crippen LogP contribution in [0, 0.1) is 12.8 Å². The molecule has 2 aromatic carbocycles. The Morgan fingerprint density at radius 3 is 2.79 bits per heavy atom. The lowest BCUT2D eigenvalue weighted by atomic mass is 9.95. The van der Waals surface area contributed by atoms with Crippen molar-refractivity contribution in [3.05, 3.63) is 64.2 Å². The number of benzene rings is 2. The number of aryl methyl sites for hydroxylation is 1. The highest BCUT2D eigenvalue weighted by atomic mass is 35.5. The van der Waals surface area contributed by atoms with Crippen molar-refractivity contribution in [1.29, 1.82) is 0 Å². The minimum Gasteiger partial charge on any atom is -0.496 e. The first-order chi connectivity index (χ1) is 13.5. The number of ether oxygens (including phenoxy) is 1. The summed E-state index contributed by atoms with van der Waals surface area (Å²) < 4.78 is 5.38. The number of rotatable bonds is 6. The number of carbonyl (C=O) groups is 2. The lowest BCUT2D eigenvalue weighted by Crippen LogP contribution is -2.47. The third-order valence-corrected chi connectivity index (χ3v) is 5.55. The van der Waals surface area contributed by atoms with Gasteiger partial charge in [-0.1, -0.05) is 41.9 Å². The Bertz CT molecular complexity index is 848. The summed E-state index contributed by atoms with van der Waals surface area (Å²) in [5, 5.41) is 3.51. The first-order valence-corrected chi connectivity index (χ1v) is 9.81. The van der Waals surface area contributed by atoms with Gasteiger partial charge in [0.2, 0.25) is 11.8 Å². The number of halogens is 1. The molecule has 1 saturated heterocycles. The summed E-state index contributed by atoms with van der Waals surface area (Å²) in [6, 6.07) is 13.3. The van der Waals surface area contributed by atoms with Gasteiger partial charge in [0.15, 0.2) is 0 Å². The molecule has 6 heteroatoms. The van der Waals surface area contributed by atoms with Crippen LogP contribution in [-0.2, 0) is 22.7 Å². The number of hydrogen-bond donors (Lipinski definition) is 1. The van der Waals surface area contributed by atoms with Crippen molar-refractivity contribution < 1.29 is 14.3 Å². The van der Waals surface area contributed by atoms with Crippen LogP contribution in [-0.4, -0.2) is 30.4 Å². The topological polar surface area (TPSA) is 58.6 Å². The summed E-state index contributed by atoms with van der Waals surface area (Å²) in [4.78, 5) is 27.4. The van der Waals surface area contributed by atoms with Crippen LogP contribution in [0.2, 0.25) is 5.02 Å². The molecule has 0 aliphatic carbocycles. The molecule has 5 nitrogen and oxygen atoms in total. The van der Waals surface area contributed by atoms with E-state index in [0.29, 0.717) is 31.1 Å². The smallest absolute Gasteiger partial charge is 0.235 e. The summed E-state index contributed by atoms with van der Waals surface area (Å²) >= 11 is 6.23. The zero-order valence-corrected chi connectivity index (χ0v) is 17.0. The highest BCUT2D eigenvalue weighted by molar-refractivity contribution is 6.31. The van der Waals surface area contributed by atoms with Crippen LogP contribution >= 0.6 is 11.6 Å². The third kappa shape index (κ3) is 4.47. The van der Waals surface area contributed by atoms with Gasteiger partial charge in [-0.2, -0.15) is 0 Å². The molecule has 2 amide bonds. The molecule has 1 N–H and O–H groups in total. The van der Waals surface area contributed by atoms with Gasteiger partial charge < -0.3 is 15.0 Å². The highest BCUT2D eigenvalue weighted by Gasteiger charge is 2.34. The molecule has 1 aliphatic rings. The summed E-state index contributed by atoms with van der Waals surface area (Å²) in [6.07, 6.45) is 1.36. The van der Waals surface area contributed by atoms with Crippen molar-refractivity contribution in [2.45, 2.75) is 32.9 Å². The van der Waals surface area contributed by atoms with Crippen molar-refractivity contribution in [1.82, 2.24) is 10.2 Å². The van der Waals surface area contributed by atoms with Crippen molar-refractivity contribution in [2.24, 2.45) is 5.92 Å². The molecule has 0 aromatic heterocycles. The normalized spacial score (nSPS) is 16.8. The molecule has 1 atom stereocenters. The van der Waals surface area contributed by atoms with Gasteiger partial charge in [0.25, 0.3) is 0 Å². The summed E-state index contributed by atoms with van der Waals surface area (Å²) in [7, 11) is 1.61. The van der Waals surface area contributed by atoms with E-state index in [9.17, 15) is 9.59 Å². The zero-order valence-electron chi connectivity index (χ0n) is 16.2. The Kier molecular flexibility index (Phi) is 6.57. The monoisotopic (exact) mass is 400 g/mol. The Balaban J connectivity index is 1.65. The Morgan fingerprint density at radius 2 is 2.04 bits per heavy atom. The quantitative estimate of drug-likeness (QED) is 0.752. The molecule has 2 aromatic rings. The van der Waals surface area contributed by atoms with Gasteiger partial charge >= 0.3 is 0 Å². The molecule has 1 heterocycles. The second-order valence-electron chi connectivity index (χ2n) is 7.02. The van der Waals surface area contributed by atoms with Crippen molar-refractivity contribution in [2.75, 3.05) is 13.7 Å². The zero-order chi connectivity index (χ0) is 20.1. The van der Waals surface area contributed by atoms with Gasteiger partial charge in [-0.25, -0.2) is 0 Å². The van der Waals surface area contributed by atoms with Crippen LogP contribution < -0.4 is 10.1 Å². The first-order valence-electron chi connectivity index (χ1n) is 9.43. The fourth-order valence-electron chi connectivity index (χ4n) is 3.57. The number of carbonyl (C=O) groups excluding carboxylic acids is 2. The molecule has 1 fully saturated rings. The Labute approximate surface area is 170 Å². The molecule has 0 saturated carbocycles. The fourth-order valence-corrected chi connectivity index (χ4v) is 3.86. The molecule has 0 radical (unpaired) electrons. The van der Waals surface area contributed by atoms with Crippen molar-refractivity contribution >= 4 is 23.4 Å². The third-order valence-electron chi connectivity index (χ3n) is 5.19. The SMILES string of the molecule is COc1ccccc1CN1CCCC(C(=O)NCc2c(C)cccc2Cl)C1=O. The number of nitrogens with one attached hydrogen (secondary N) is 1. The van der Waals surface area contributed by atoms with Gasteiger partial charge in [-0.15, -0.1) is 0 Å². The Hall–Kier alpha value is -2.53. The van der Waals surface area contributed by atoms with E-state index in [1.807, 2.05) is 43.3 Å². The maximum atomic E-state index is 12.9. The van der Waals surface area contributed by atoms with Crippen LogP contribution in [0.3, 0.4) is 0 Å². The molecule has 3 rings (SSSR count). The molecule has 1 unspecified atom stereocenters. The maximum absolute atomic E-state index is 12.9. The average molecular weight is 401 g/mol. The first kappa shape index (κ1) is 20.2. The number of methoxy groups -OCH3 is 1. The summed E-state index contributed by atoms with van der Waals surface area (Å²) in [6.45, 7) is 3.36. The number of hydrogen-bond acceptors (Lipinski definition) is 3. The predicted molar refractivity (Wildman–Crippen MR) is 109 cm³/mol. The van der Waals surface area contributed by atoms with E-state index in [1.54, 1.807) is 18.1 Å². The molecule has 148 valence electrons. The van der Waals surface area contributed by atoms with Gasteiger partial charge in [-0.05, 0) is 43.0 Å². The molecular weight excluding hydrogens is 376 g/mol. The predicted octanol–water partition coefficient (Wildman–Crippen LogP) is 3.71. The van der Waals surface area contributed by atoms with Crippen LogP contribution in [0.25, 0.3) is 0 Å². The van der Waals surface area contributed by atoms with E-state index in [0.717, 1.165) is 28.9 Å². The van der Waals surface area contributed by atoms with Gasteiger partial charge in [-0.3, -0.25) is 9.59 Å². The molecule has 28 heavy (non-hydrogen) atoms. The molecular formula is C22H25ClN2O3.